The van der Waals surface area contributed by atoms with Gasteiger partial charge in [0.25, 0.3) is 5.91 Å². The Bertz CT molecular complexity index is 2600. The van der Waals surface area contributed by atoms with Crippen molar-refractivity contribution in [2.45, 2.75) is 80.2 Å². The maximum absolute atomic E-state index is 14.5. The molecule has 0 spiro atoms. The molecule has 1 aliphatic heterocycles. The van der Waals surface area contributed by atoms with E-state index < -0.39 is 77.6 Å². The van der Waals surface area contributed by atoms with Crippen molar-refractivity contribution in [3.8, 4) is 0 Å². The fourth-order valence-corrected chi connectivity index (χ4v) is 8.40. The van der Waals surface area contributed by atoms with Gasteiger partial charge in [0.05, 0.1) is 11.9 Å². The Kier molecular flexibility index (Phi) is 16.6. The minimum Gasteiger partial charge on any atom is -0.399 e. The van der Waals surface area contributed by atoms with Crippen LogP contribution in [-0.4, -0.2) is 111 Å². The molecular formula is C45H54N14O7S. The molecule has 0 saturated carbocycles. The van der Waals surface area contributed by atoms with Crippen LogP contribution in [0.25, 0.3) is 10.9 Å². The molecule has 0 fully saturated rings. The lowest BCUT2D eigenvalue weighted by atomic mass is 10.0. The number of nitrogens with zero attached hydrogens (tertiary/aromatic N) is 2. The van der Waals surface area contributed by atoms with Gasteiger partial charge in [-0.25, -0.2) is 4.98 Å². The molecule has 22 heteroatoms. The molecule has 352 valence electrons. The maximum atomic E-state index is 14.5. The van der Waals surface area contributed by atoms with Crippen LogP contribution in [0.3, 0.4) is 0 Å². The molecule has 0 saturated heterocycles. The molecule has 1 aliphatic rings. The van der Waals surface area contributed by atoms with E-state index in [4.69, 9.17) is 22.9 Å². The Balaban J connectivity index is 1.41. The number of fused-ring (bicyclic) bond motifs is 2. The number of aromatic amines is 2. The molecule has 67 heavy (non-hydrogen) atoms. The molecule has 3 aromatic carbocycles. The average molecular weight is 935 g/mol. The number of guanidine groups is 1. The molecule has 21 nitrogen and oxygen atoms in total. The second-order valence-corrected chi connectivity index (χ2v) is 17.0. The lowest BCUT2D eigenvalue weighted by Gasteiger charge is -2.27. The van der Waals surface area contributed by atoms with E-state index in [1.807, 2.05) is 24.3 Å². The van der Waals surface area contributed by atoms with Crippen molar-refractivity contribution in [2.24, 2.45) is 22.2 Å². The zero-order valence-corrected chi connectivity index (χ0v) is 37.4. The van der Waals surface area contributed by atoms with Crippen LogP contribution in [0, 0.1) is 0 Å². The molecule has 2 aromatic heterocycles. The second-order valence-electron chi connectivity index (χ2n) is 16.0. The largest absolute Gasteiger partial charge is 0.399 e. The summed E-state index contributed by atoms with van der Waals surface area (Å²) in [4.78, 5) is 113. The fraction of sp³-hybridized carbons (Fsp3) is 0.311. The van der Waals surface area contributed by atoms with Gasteiger partial charge in [-0.15, -0.1) is 11.8 Å². The van der Waals surface area contributed by atoms with Gasteiger partial charge < -0.3 is 64.8 Å². The molecule has 6 rings (SSSR count). The number of nitrogens with one attached hydrogen (secondary N) is 8. The van der Waals surface area contributed by atoms with Gasteiger partial charge in [0.1, 0.15) is 36.3 Å². The topological polar surface area (TPSA) is 353 Å². The zero-order chi connectivity index (χ0) is 48.0. The van der Waals surface area contributed by atoms with Gasteiger partial charge in [-0.05, 0) is 55.2 Å². The Labute approximate surface area is 389 Å². The first-order valence-electron chi connectivity index (χ1n) is 21.4. The van der Waals surface area contributed by atoms with Crippen molar-refractivity contribution in [1.82, 2.24) is 46.9 Å². The third-order valence-corrected chi connectivity index (χ3v) is 12.1. The van der Waals surface area contributed by atoms with Gasteiger partial charge in [-0.3, -0.25) is 38.6 Å². The number of hydrogen-bond donors (Lipinski definition) is 12. The van der Waals surface area contributed by atoms with Crippen LogP contribution >= 0.6 is 11.8 Å². The van der Waals surface area contributed by atoms with E-state index >= 15 is 0 Å². The minimum atomic E-state index is -1.33. The molecule has 3 heterocycles. The molecule has 6 atom stereocenters. The Hall–Kier alpha value is -7.88. The van der Waals surface area contributed by atoms with Crippen LogP contribution < -0.4 is 54.8 Å². The molecule has 0 unspecified atom stereocenters. The highest BCUT2D eigenvalue weighted by Gasteiger charge is 2.34. The number of para-hydroxylation sites is 1. The number of benzene rings is 3. The smallest absolute Gasteiger partial charge is 0.253 e. The summed E-state index contributed by atoms with van der Waals surface area (Å²) in [6.45, 7) is 1.51. The van der Waals surface area contributed by atoms with E-state index in [0.717, 1.165) is 22.7 Å². The SMILES string of the molecule is C[C@H]1NC(=O)c2cc(N)ccc2SC[C@@H](C(N)=O)NC(=O)[C@H](Cc2c[nH]c3ccccc23)NC(=O)[C@H](CCCN=C(N)N)NC(=O)[C@@H](Cc2ccccc2)NC(=O)[C@H](Cc2cnc[nH]2)NC1=O. The minimum absolute atomic E-state index is 0.0195. The highest BCUT2D eigenvalue weighted by Crippen LogP contribution is 2.26. The van der Waals surface area contributed by atoms with Gasteiger partial charge in [-0.1, -0.05) is 48.5 Å². The van der Waals surface area contributed by atoms with Crippen LogP contribution in [0.5, 0.6) is 0 Å². The predicted molar refractivity (Wildman–Crippen MR) is 252 cm³/mol. The summed E-state index contributed by atoms with van der Waals surface area (Å²) >= 11 is 1.02. The van der Waals surface area contributed by atoms with Crippen LogP contribution in [0.15, 0.2) is 101 Å². The number of nitrogens with two attached hydrogens (primary N) is 4. The summed E-state index contributed by atoms with van der Waals surface area (Å²) in [5.74, 6) is -5.77. The molecule has 16 N–H and O–H groups in total. The van der Waals surface area contributed by atoms with Gasteiger partial charge in [0.15, 0.2) is 5.96 Å². The van der Waals surface area contributed by atoms with E-state index in [9.17, 15) is 33.6 Å². The molecule has 0 bridgehead atoms. The van der Waals surface area contributed by atoms with Gasteiger partial charge in [0, 0.05) is 71.1 Å². The van der Waals surface area contributed by atoms with Crippen LogP contribution in [0.1, 0.15) is 46.9 Å². The van der Waals surface area contributed by atoms with Gasteiger partial charge >= 0.3 is 0 Å². The first-order chi connectivity index (χ1) is 32.1. The average Bonchev–Trinajstić information content (AvgIpc) is 3.98. The number of aromatic nitrogens is 3. The molecule has 5 aromatic rings. The summed E-state index contributed by atoms with van der Waals surface area (Å²) in [5.41, 5.74) is 25.9. The first kappa shape index (κ1) is 48.6. The highest BCUT2D eigenvalue weighted by molar-refractivity contribution is 7.99. The van der Waals surface area contributed by atoms with Crippen molar-refractivity contribution in [3.05, 3.63) is 114 Å². The molecular weight excluding hydrogens is 881 g/mol. The zero-order valence-electron chi connectivity index (χ0n) is 36.5. The van der Waals surface area contributed by atoms with Gasteiger partial charge in [0.2, 0.25) is 35.4 Å². The van der Waals surface area contributed by atoms with E-state index in [0.29, 0.717) is 21.7 Å². The number of imidazole rings is 1. The van der Waals surface area contributed by atoms with Crippen LogP contribution in [0.4, 0.5) is 5.69 Å². The fourth-order valence-electron chi connectivity index (χ4n) is 7.33. The van der Waals surface area contributed by atoms with E-state index in [1.54, 1.807) is 48.7 Å². The normalized spacial score (nSPS) is 21.4. The summed E-state index contributed by atoms with van der Waals surface area (Å²) in [7, 11) is 0. The standard InChI is InChI=1S/C45H54N14O7S/c1-24-39(61)56-35(19-28-21-50-23-53-28)44(66)57-33(16-25-8-3-2-4-9-25)42(64)55-32(12-7-15-51-45(48)49)41(63)58-34(17-26-20-52-31-11-6-5-10-29(26)31)43(65)59-36(38(47)60)22-67-37-14-13-27(46)18-30(37)40(62)54-24/h2-6,8-11,13-14,18,20-21,23-24,32-36,52H,7,12,15-17,19,22,46H2,1H3,(H2,47,60)(H,50,53)(H,54,62)(H,55,64)(H,56,61)(H,57,66)(H,58,63)(H,59,65)(H4,48,49,51)/t24-,32+,33-,34+,35+,36+/m1/s1. The van der Waals surface area contributed by atoms with Crippen molar-refractivity contribution in [2.75, 3.05) is 18.0 Å². The third-order valence-electron chi connectivity index (χ3n) is 10.9. The van der Waals surface area contributed by atoms with Crippen molar-refractivity contribution < 1.29 is 33.6 Å². The van der Waals surface area contributed by atoms with E-state index in [1.165, 1.54) is 25.5 Å². The summed E-state index contributed by atoms with van der Waals surface area (Å²) < 4.78 is 0. The van der Waals surface area contributed by atoms with Crippen LogP contribution in [0.2, 0.25) is 0 Å². The molecule has 7 amide bonds. The summed E-state index contributed by atoms with van der Waals surface area (Å²) in [5, 5.41) is 17.1. The predicted octanol–water partition coefficient (Wildman–Crippen LogP) is -0.612. The number of thioether (sulfide) groups is 1. The number of primary amides is 1. The number of aliphatic imine (C=N–C) groups is 1. The number of nitrogen functional groups attached to an aromatic ring is 1. The monoisotopic (exact) mass is 934 g/mol. The Morgan fingerprint density at radius 1 is 0.731 bits per heavy atom. The summed E-state index contributed by atoms with van der Waals surface area (Å²) in [6, 6.07) is 12.9. The number of carbonyl (C=O) groups is 7. The van der Waals surface area contributed by atoms with E-state index in [-0.39, 0.29) is 61.6 Å². The highest BCUT2D eigenvalue weighted by atomic mass is 32.2. The number of anilines is 1. The van der Waals surface area contributed by atoms with Crippen molar-refractivity contribution >= 4 is 75.7 Å². The first-order valence-corrected chi connectivity index (χ1v) is 22.4. The lowest BCUT2D eigenvalue weighted by molar-refractivity contribution is -0.135. The molecule has 0 aliphatic carbocycles. The Morgan fingerprint density at radius 2 is 1.37 bits per heavy atom. The number of amides is 7. The van der Waals surface area contributed by atoms with E-state index in [2.05, 4.69) is 51.8 Å². The Morgan fingerprint density at radius 3 is 2.07 bits per heavy atom. The summed E-state index contributed by atoms with van der Waals surface area (Å²) in [6.07, 6.45) is 4.56. The van der Waals surface area contributed by atoms with Crippen LogP contribution in [-0.2, 0) is 48.0 Å². The third kappa shape index (κ3) is 13.6. The molecule has 0 radical (unpaired) electrons. The van der Waals surface area contributed by atoms with Crippen molar-refractivity contribution in [3.63, 3.8) is 0 Å². The maximum Gasteiger partial charge on any atom is 0.253 e. The number of carbonyl (C=O) groups excluding carboxylic acids is 7. The quantitative estimate of drug-likeness (QED) is 0.0342. The lowest BCUT2D eigenvalue weighted by Crippen LogP contribution is -2.60. The number of hydrogen-bond acceptors (Lipinski definition) is 11. The van der Waals surface area contributed by atoms with Gasteiger partial charge in [-0.2, -0.15) is 0 Å². The van der Waals surface area contributed by atoms with Crippen molar-refractivity contribution in [1.29, 1.82) is 0 Å². The number of H-pyrrole nitrogens is 2. The number of rotatable bonds is 11. The second kappa shape index (κ2) is 22.8.